The lowest BCUT2D eigenvalue weighted by molar-refractivity contribution is -0.116. The Morgan fingerprint density at radius 1 is 1.12 bits per heavy atom. The SMILES string of the molecule is O=C1CCCC2=C1[N]C1=C(CCC(I)C1=O)N2. The quantitative estimate of drug-likeness (QED) is 0.536. The van der Waals surface area contributed by atoms with E-state index < -0.39 is 0 Å². The second-order valence-corrected chi connectivity index (χ2v) is 6.04. The first-order chi connectivity index (χ1) is 8.16. The molecule has 17 heavy (non-hydrogen) atoms. The molecule has 1 aliphatic heterocycles. The minimum absolute atomic E-state index is 0.00209. The third kappa shape index (κ3) is 1.80. The zero-order chi connectivity index (χ0) is 12.0. The molecule has 1 radical (unpaired) electrons. The molecule has 3 rings (SSSR count). The summed E-state index contributed by atoms with van der Waals surface area (Å²) in [6.45, 7) is 0. The van der Waals surface area contributed by atoms with E-state index in [2.05, 4.69) is 33.2 Å². The van der Waals surface area contributed by atoms with Gasteiger partial charge in [0.05, 0.1) is 3.92 Å². The highest BCUT2D eigenvalue weighted by Gasteiger charge is 2.36. The fourth-order valence-electron chi connectivity index (χ4n) is 2.44. The molecule has 3 aliphatic rings. The van der Waals surface area contributed by atoms with E-state index in [-0.39, 0.29) is 15.5 Å². The summed E-state index contributed by atoms with van der Waals surface area (Å²) < 4.78 is -0.00209. The molecule has 1 N–H and O–H groups in total. The van der Waals surface area contributed by atoms with Gasteiger partial charge in [0.2, 0.25) is 0 Å². The third-order valence-corrected chi connectivity index (χ3v) is 4.55. The number of hydrogen-bond acceptors (Lipinski definition) is 3. The van der Waals surface area contributed by atoms with Gasteiger partial charge in [-0.1, -0.05) is 22.6 Å². The van der Waals surface area contributed by atoms with E-state index in [1.54, 1.807) is 0 Å². The first-order valence-electron chi connectivity index (χ1n) is 5.83. The van der Waals surface area contributed by atoms with Crippen LogP contribution >= 0.6 is 22.6 Å². The number of ketones is 2. The van der Waals surface area contributed by atoms with Gasteiger partial charge >= 0.3 is 0 Å². The fraction of sp³-hybridized carbons (Fsp3) is 0.500. The van der Waals surface area contributed by atoms with Crippen LogP contribution in [0, 0.1) is 0 Å². The third-order valence-electron chi connectivity index (χ3n) is 3.36. The van der Waals surface area contributed by atoms with Crippen LogP contribution in [0.25, 0.3) is 0 Å². The number of allylic oxidation sites excluding steroid dienone is 4. The number of alkyl halides is 1. The predicted molar refractivity (Wildman–Crippen MR) is 70.2 cm³/mol. The molecule has 0 amide bonds. The topological polar surface area (TPSA) is 60.3 Å². The van der Waals surface area contributed by atoms with Gasteiger partial charge in [-0.2, -0.15) is 0 Å². The first-order valence-corrected chi connectivity index (χ1v) is 7.08. The molecule has 0 aromatic heterocycles. The lowest BCUT2D eigenvalue weighted by Crippen LogP contribution is -2.39. The normalized spacial score (nSPS) is 28.4. The maximum atomic E-state index is 12.0. The molecular weight excluding hydrogens is 331 g/mol. The average molecular weight is 343 g/mol. The largest absolute Gasteiger partial charge is 0.359 e. The van der Waals surface area contributed by atoms with Crippen molar-refractivity contribution in [3.63, 3.8) is 0 Å². The summed E-state index contributed by atoms with van der Waals surface area (Å²) >= 11 is 2.15. The number of carbonyl (C=O) groups is 2. The highest BCUT2D eigenvalue weighted by atomic mass is 127. The molecule has 89 valence electrons. The van der Waals surface area contributed by atoms with E-state index in [1.807, 2.05) is 0 Å². The number of nitrogens with zero attached hydrogens (tertiary/aromatic N) is 1. The summed E-state index contributed by atoms with van der Waals surface area (Å²) in [5.41, 5.74) is 2.81. The molecule has 1 unspecified atom stereocenters. The standard InChI is InChI=1S/C12H12IN2O2/c13-6-4-5-8-11(12(6)17)15-10-7(14-8)2-1-3-9(10)16/h6,14H,1-5H2. The molecule has 0 saturated carbocycles. The number of carbonyl (C=O) groups excluding carboxylic acids is 2. The molecule has 0 fully saturated rings. The maximum absolute atomic E-state index is 12.0. The van der Waals surface area contributed by atoms with Gasteiger partial charge < -0.3 is 5.32 Å². The molecule has 4 nitrogen and oxygen atoms in total. The summed E-state index contributed by atoms with van der Waals surface area (Å²) in [5, 5.41) is 7.59. The van der Waals surface area contributed by atoms with Crippen molar-refractivity contribution in [2.24, 2.45) is 0 Å². The van der Waals surface area contributed by atoms with Gasteiger partial charge in [0.15, 0.2) is 11.6 Å². The Bertz CT molecular complexity index is 479. The van der Waals surface area contributed by atoms with Gasteiger partial charge in [0, 0.05) is 17.8 Å². The molecule has 2 aliphatic carbocycles. The Hall–Kier alpha value is -0.850. The minimum atomic E-state index is -0.00209. The highest BCUT2D eigenvalue weighted by Crippen LogP contribution is 2.32. The summed E-state index contributed by atoms with van der Waals surface area (Å²) in [4.78, 5) is 23.8. The van der Waals surface area contributed by atoms with E-state index in [9.17, 15) is 9.59 Å². The number of nitrogens with one attached hydrogen (secondary N) is 1. The summed E-state index contributed by atoms with van der Waals surface area (Å²) in [7, 11) is 0. The van der Waals surface area contributed by atoms with Gasteiger partial charge in [-0.05, 0) is 25.7 Å². The van der Waals surface area contributed by atoms with Crippen LogP contribution in [-0.2, 0) is 9.59 Å². The summed E-state index contributed by atoms with van der Waals surface area (Å²) in [5.74, 6) is 0.123. The van der Waals surface area contributed by atoms with E-state index in [4.69, 9.17) is 0 Å². The van der Waals surface area contributed by atoms with Crippen LogP contribution in [0.4, 0.5) is 0 Å². The monoisotopic (exact) mass is 343 g/mol. The lowest BCUT2D eigenvalue weighted by atomic mass is 9.93. The predicted octanol–water partition coefficient (Wildman–Crippen LogP) is 1.54. The van der Waals surface area contributed by atoms with Crippen molar-refractivity contribution >= 4 is 34.2 Å². The second kappa shape index (κ2) is 4.12. The van der Waals surface area contributed by atoms with Crippen molar-refractivity contribution in [1.29, 1.82) is 0 Å². The van der Waals surface area contributed by atoms with Crippen LogP contribution in [0.5, 0.6) is 0 Å². The van der Waals surface area contributed by atoms with Crippen LogP contribution in [0.2, 0.25) is 0 Å². The van der Waals surface area contributed by atoms with Crippen LogP contribution in [0.3, 0.4) is 0 Å². The molecule has 0 spiro atoms. The van der Waals surface area contributed by atoms with Gasteiger partial charge in [0.1, 0.15) is 11.4 Å². The summed E-state index contributed by atoms with van der Waals surface area (Å²) in [6.07, 6.45) is 4.00. The highest BCUT2D eigenvalue weighted by molar-refractivity contribution is 14.1. The van der Waals surface area contributed by atoms with Gasteiger partial charge in [-0.3, -0.25) is 9.59 Å². The Kier molecular flexibility index (Phi) is 2.72. The average Bonchev–Trinajstić information content (AvgIpc) is 2.33. The van der Waals surface area contributed by atoms with Gasteiger partial charge in [-0.15, -0.1) is 0 Å². The second-order valence-electron chi connectivity index (χ2n) is 4.54. The Balaban J connectivity index is 1.94. The molecule has 5 heteroatoms. The zero-order valence-corrected chi connectivity index (χ0v) is 11.4. The Morgan fingerprint density at radius 2 is 1.88 bits per heavy atom. The van der Waals surface area contributed by atoms with Crippen LogP contribution in [-0.4, -0.2) is 15.5 Å². The minimum Gasteiger partial charge on any atom is -0.359 e. The van der Waals surface area contributed by atoms with E-state index in [1.165, 1.54) is 0 Å². The van der Waals surface area contributed by atoms with Gasteiger partial charge in [0.25, 0.3) is 0 Å². The Morgan fingerprint density at radius 3 is 2.71 bits per heavy atom. The maximum Gasteiger partial charge on any atom is 0.195 e. The van der Waals surface area contributed by atoms with Crippen molar-refractivity contribution in [3.05, 3.63) is 22.8 Å². The zero-order valence-electron chi connectivity index (χ0n) is 9.25. The molecule has 0 aromatic carbocycles. The van der Waals surface area contributed by atoms with Crippen LogP contribution in [0.15, 0.2) is 22.8 Å². The summed E-state index contributed by atoms with van der Waals surface area (Å²) in [6, 6.07) is 0. The van der Waals surface area contributed by atoms with Crippen molar-refractivity contribution in [3.8, 4) is 0 Å². The fourth-order valence-corrected chi connectivity index (χ4v) is 3.04. The van der Waals surface area contributed by atoms with Crippen molar-refractivity contribution in [2.75, 3.05) is 0 Å². The molecule has 1 atom stereocenters. The lowest BCUT2D eigenvalue weighted by Gasteiger charge is -2.31. The molecular formula is C12H12IN2O2. The van der Waals surface area contributed by atoms with E-state index in [0.29, 0.717) is 17.8 Å². The van der Waals surface area contributed by atoms with Crippen LogP contribution < -0.4 is 10.6 Å². The molecule has 0 aromatic rings. The van der Waals surface area contributed by atoms with E-state index in [0.717, 1.165) is 37.1 Å². The molecule has 1 heterocycles. The number of halogens is 1. The first kappa shape index (κ1) is 11.3. The van der Waals surface area contributed by atoms with Crippen LogP contribution in [0.1, 0.15) is 32.1 Å². The molecule has 0 saturated heterocycles. The smallest absolute Gasteiger partial charge is 0.195 e. The van der Waals surface area contributed by atoms with Crippen molar-refractivity contribution < 1.29 is 9.59 Å². The number of hydrogen-bond donors (Lipinski definition) is 1. The van der Waals surface area contributed by atoms with Gasteiger partial charge in [-0.25, -0.2) is 5.32 Å². The number of Topliss-reactive ketones (excluding diaryl/α,β-unsaturated/α-hetero) is 2. The Labute approximate surface area is 113 Å². The van der Waals surface area contributed by atoms with Crippen molar-refractivity contribution in [2.45, 2.75) is 36.0 Å². The van der Waals surface area contributed by atoms with E-state index >= 15 is 0 Å². The number of rotatable bonds is 0. The van der Waals surface area contributed by atoms with Crippen molar-refractivity contribution in [1.82, 2.24) is 10.6 Å². The molecule has 0 bridgehead atoms.